The fourth-order valence-corrected chi connectivity index (χ4v) is 2.56. The van der Waals surface area contributed by atoms with E-state index in [-0.39, 0.29) is 11.7 Å². The predicted octanol–water partition coefficient (Wildman–Crippen LogP) is 3.43. The highest BCUT2D eigenvalue weighted by Gasteiger charge is 2.24. The predicted molar refractivity (Wildman–Crippen MR) is 68.6 cm³/mol. The minimum atomic E-state index is -1.45. The first kappa shape index (κ1) is 13.8. The number of nitrogens with zero attached hydrogens (tertiary/aromatic N) is 1. The second-order valence-electron chi connectivity index (χ2n) is 4.96. The van der Waals surface area contributed by atoms with Gasteiger partial charge in [-0.2, -0.15) is 0 Å². The van der Waals surface area contributed by atoms with Crippen molar-refractivity contribution in [2.75, 3.05) is 11.4 Å². The maximum Gasteiger partial charge on any atom is 0.338 e. The lowest BCUT2D eigenvalue weighted by atomic mass is 10.1. The van der Waals surface area contributed by atoms with E-state index in [1.165, 1.54) is 6.07 Å². The van der Waals surface area contributed by atoms with Crippen LogP contribution >= 0.6 is 0 Å². The Labute approximate surface area is 110 Å². The summed E-state index contributed by atoms with van der Waals surface area (Å²) in [6, 6.07) is 2.63. The van der Waals surface area contributed by atoms with Crippen molar-refractivity contribution < 1.29 is 18.7 Å². The number of rotatable bonds is 2. The number of halogens is 2. The van der Waals surface area contributed by atoms with Crippen LogP contribution in [0.3, 0.4) is 0 Å². The van der Waals surface area contributed by atoms with Crippen molar-refractivity contribution in [2.24, 2.45) is 0 Å². The van der Waals surface area contributed by atoms with Crippen LogP contribution in [0.15, 0.2) is 12.1 Å². The number of hydrogen-bond acceptors (Lipinski definition) is 2. The normalized spacial score (nSPS) is 20.2. The first-order valence-corrected chi connectivity index (χ1v) is 6.50. The highest BCUT2D eigenvalue weighted by atomic mass is 19.2. The number of carboxylic acid groups (broad SMARTS) is 1. The van der Waals surface area contributed by atoms with Gasteiger partial charge in [0.25, 0.3) is 0 Å². The SMILES string of the molecule is CC1CCCCCN1c1ccc(C(=O)O)c(F)c1F. The molecule has 1 atom stereocenters. The molecule has 0 spiro atoms. The zero-order chi connectivity index (χ0) is 14.0. The van der Waals surface area contributed by atoms with Gasteiger partial charge in [-0.1, -0.05) is 12.8 Å². The van der Waals surface area contributed by atoms with Crippen molar-refractivity contribution in [3.63, 3.8) is 0 Å². The fraction of sp³-hybridized carbons (Fsp3) is 0.500. The molecule has 19 heavy (non-hydrogen) atoms. The molecule has 104 valence electrons. The van der Waals surface area contributed by atoms with Gasteiger partial charge in [0, 0.05) is 12.6 Å². The first-order valence-electron chi connectivity index (χ1n) is 6.50. The summed E-state index contributed by atoms with van der Waals surface area (Å²) in [7, 11) is 0. The van der Waals surface area contributed by atoms with Crippen LogP contribution in [0.1, 0.15) is 43.0 Å². The van der Waals surface area contributed by atoms with Crippen molar-refractivity contribution in [1.29, 1.82) is 0 Å². The van der Waals surface area contributed by atoms with Gasteiger partial charge < -0.3 is 10.0 Å². The molecule has 1 fully saturated rings. The summed E-state index contributed by atoms with van der Waals surface area (Å²) < 4.78 is 27.7. The van der Waals surface area contributed by atoms with Gasteiger partial charge in [0.2, 0.25) is 0 Å². The molecule has 0 saturated carbocycles. The molecule has 0 bridgehead atoms. The second kappa shape index (κ2) is 5.55. The molecule has 1 aliphatic rings. The quantitative estimate of drug-likeness (QED) is 0.894. The Morgan fingerprint density at radius 1 is 1.26 bits per heavy atom. The molecule has 0 radical (unpaired) electrons. The minimum absolute atomic E-state index is 0.132. The number of aromatic carboxylic acids is 1. The molecular weight excluding hydrogens is 252 g/mol. The topological polar surface area (TPSA) is 40.5 Å². The van der Waals surface area contributed by atoms with Gasteiger partial charge in [-0.3, -0.25) is 0 Å². The van der Waals surface area contributed by atoms with Crippen LogP contribution in [0, 0.1) is 11.6 Å². The third-order valence-corrected chi connectivity index (χ3v) is 3.65. The molecule has 1 N–H and O–H groups in total. The number of carboxylic acids is 1. The summed E-state index contributed by atoms with van der Waals surface area (Å²) in [5.74, 6) is -3.79. The molecule has 2 rings (SSSR count). The standard InChI is InChI=1S/C14H17F2NO2/c1-9-5-3-2-4-8-17(9)11-7-6-10(14(18)19)12(15)13(11)16/h6-7,9H,2-5,8H2,1H3,(H,18,19). The molecule has 1 aromatic rings. The van der Waals surface area contributed by atoms with Crippen molar-refractivity contribution in [2.45, 2.75) is 38.6 Å². The van der Waals surface area contributed by atoms with E-state index in [0.29, 0.717) is 6.54 Å². The van der Waals surface area contributed by atoms with E-state index < -0.39 is 23.2 Å². The molecule has 1 heterocycles. The molecule has 1 aromatic carbocycles. The molecule has 1 aliphatic heterocycles. The van der Waals surface area contributed by atoms with E-state index in [4.69, 9.17) is 5.11 Å². The summed E-state index contributed by atoms with van der Waals surface area (Å²) >= 11 is 0. The average molecular weight is 269 g/mol. The summed E-state index contributed by atoms with van der Waals surface area (Å²) in [4.78, 5) is 12.6. The van der Waals surface area contributed by atoms with Crippen molar-refractivity contribution in [1.82, 2.24) is 0 Å². The fourth-order valence-electron chi connectivity index (χ4n) is 2.56. The Kier molecular flexibility index (Phi) is 4.02. The van der Waals surface area contributed by atoms with Crippen LogP contribution in [-0.4, -0.2) is 23.7 Å². The van der Waals surface area contributed by atoms with Gasteiger partial charge in [0.05, 0.1) is 11.3 Å². The summed E-state index contributed by atoms with van der Waals surface area (Å²) in [5.41, 5.74) is -0.458. The van der Waals surface area contributed by atoms with Crippen LogP contribution in [-0.2, 0) is 0 Å². The monoisotopic (exact) mass is 269 g/mol. The lowest BCUT2D eigenvalue weighted by molar-refractivity contribution is 0.0690. The minimum Gasteiger partial charge on any atom is -0.478 e. The van der Waals surface area contributed by atoms with Gasteiger partial charge in [0.15, 0.2) is 11.6 Å². The molecular formula is C14H17F2NO2. The summed E-state index contributed by atoms with van der Waals surface area (Å²) in [5, 5.41) is 8.77. The summed E-state index contributed by atoms with van der Waals surface area (Å²) in [6.07, 6.45) is 4.03. The van der Waals surface area contributed by atoms with E-state index in [1.54, 1.807) is 0 Å². The van der Waals surface area contributed by atoms with E-state index in [1.807, 2.05) is 11.8 Å². The van der Waals surface area contributed by atoms with E-state index in [2.05, 4.69) is 0 Å². The van der Waals surface area contributed by atoms with E-state index in [9.17, 15) is 13.6 Å². The molecule has 1 saturated heterocycles. The molecule has 3 nitrogen and oxygen atoms in total. The van der Waals surface area contributed by atoms with E-state index in [0.717, 1.165) is 31.7 Å². The Morgan fingerprint density at radius 3 is 2.68 bits per heavy atom. The molecule has 1 unspecified atom stereocenters. The molecule has 0 amide bonds. The highest BCUT2D eigenvalue weighted by Crippen LogP contribution is 2.29. The van der Waals surface area contributed by atoms with Crippen LogP contribution in [0.25, 0.3) is 0 Å². The number of anilines is 1. The van der Waals surface area contributed by atoms with Crippen molar-refractivity contribution in [3.8, 4) is 0 Å². The van der Waals surface area contributed by atoms with Crippen LogP contribution in [0.5, 0.6) is 0 Å². The maximum atomic E-state index is 14.0. The average Bonchev–Trinajstić information content (AvgIpc) is 2.57. The zero-order valence-electron chi connectivity index (χ0n) is 10.8. The maximum absolute atomic E-state index is 14.0. The number of carbonyl (C=O) groups is 1. The van der Waals surface area contributed by atoms with Gasteiger partial charge in [-0.15, -0.1) is 0 Å². The largest absolute Gasteiger partial charge is 0.478 e. The van der Waals surface area contributed by atoms with Gasteiger partial charge in [-0.05, 0) is 31.9 Å². The molecule has 0 aromatic heterocycles. The third-order valence-electron chi connectivity index (χ3n) is 3.65. The summed E-state index contributed by atoms with van der Waals surface area (Å²) in [6.45, 7) is 2.65. The van der Waals surface area contributed by atoms with Gasteiger partial charge in [0.1, 0.15) is 0 Å². The Balaban J connectivity index is 2.39. The van der Waals surface area contributed by atoms with Crippen molar-refractivity contribution >= 4 is 11.7 Å². The second-order valence-corrected chi connectivity index (χ2v) is 4.96. The molecule has 0 aliphatic carbocycles. The Bertz CT molecular complexity index is 491. The smallest absolute Gasteiger partial charge is 0.338 e. The Morgan fingerprint density at radius 2 is 2.00 bits per heavy atom. The van der Waals surface area contributed by atoms with E-state index >= 15 is 0 Å². The van der Waals surface area contributed by atoms with Gasteiger partial charge >= 0.3 is 5.97 Å². The number of benzene rings is 1. The van der Waals surface area contributed by atoms with Gasteiger partial charge in [-0.25, -0.2) is 13.6 Å². The lowest BCUT2D eigenvalue weighted by Gasteiger charge is -2.30. The van der Waals surface area contributed by atoms with Crippen LogP contribution < -0.4 is 4.90 Å². The van der Waals surface area contributed by atoms with Crippen LogP contribution in [0.2, 0.25) is 0 Å². The molecule has 5 heteroatoms. The van der Waals surface area contributed by atoms with Crippen molar-refractivity contribution in [3.05, 3.63) is 29.3 Å². The lowest BCUT2D eigenvalue weighted by Crippen LogP contribution is -2.33. The zero-order valence-corrected chi connectivity index (χ0v) is 10.8. The highest BCUT2D eigenvalue weighted by molar-refractivity contribution is 5.88. The first-order chi connectivity index (χ1) is 9.02. The number of hydrogen-bond donors (Lipinski definition) is 1. The third kappa shape index (κ3) is 2.69. The van der Waals surface area contributed by atoms with Crippen LogP contribution in [0.4, 0.5) is 14.5 Å². The Hall–Kier alpha value is -1.65.